The molecule has 0 N–H and O–H groups in total. The van der Waals surface area contributed by atoms with Gasteiger partial charge < -0.3 is 18.9 Å². The SMILES string of the molecule is C[C@@H](Oc1cc(-c2cnn(C3CC3)c2)cc2nn(C)c(F)c12)[C@H]1CCC(=O)C1.C[C@@H](Oc1cc(-c2cnn(C3CCC(C)(F)C3)c2)cc2nn(C)c(F)c12)[C@H]1CCC(=O)C1.C[C@@H](Oc1cc(-c2cnn(C3CCC3)c2)cc2nn(C)c(F)c12)[C@H]1CCC(=O)C1.C[C@@H](Oc1cc(-c2cnn(CC3CC3)c2)cc2nn(C)c(F)c12)[C@H]1CCC(=O)C1. The highest BCUT2D eigenvalue weighted by Gasteiger charge is 2.39. The standard InChI is InChI=1S/C24H28F2N4O2.2C22H25FN4O2.C21H23FN4O2/c1-14(15-4-5-19(31)8-15)32-21-10-16(9-20-22(21)23(25)29(3)28-20)17-12-27-30(13-17)18-6-7-24(2,26)11-18;1-13(15-5-6-18(28)7-15)29-20-9-16(8-19-21(20)22(23)26(2)25-19)17-10-24-27(12-17)11-14-3-4-14;1-13(14-6-7-18(28)8-14)29-20-10-15(9-19-21(20)22(23)26(2)25-19)16-11-24-27(12-16)17-4-3-5-17;1-12(13-3-6-17(27)7-13)28-19-9-14(8-18-20(19)21(22)25(2)24-18)15-10-23-26(11-15)16-4-5-16/h9-10,12-15,18H,4-8,11H2,1-3H3;8-10,12-15H,3-7,11H2,1-2H3;9-14,17H,3-8H2,1-2H3;8-13,16H,3-7H2,1-2H3/t14-,15+,18?,24?;13-,15+;13-,14+;12-,13+/m1111/s1. The molecule has 8 fully saturated rings. The van der Waals surface area contributed by atoms with Crippen LogP contribution < -0.4 is 18.9 Å². The van der Waals surface area contributed by atoms with Gasteiger partial charge in [0.2, 0.25) is 23.8 Å². The highest BCUT2D eigenvalue weighted by atomic mass is 19.2. The number of ketones is 4. The minimum Gasteiger partial charge on any atom is -0.490 e. The van der Waals surface area contributed by atoms with Crippen LogP contribution in [-0.2, 0) is 53.9 Å². The smallest absolute Gasteiger partial charge is 0.222 e. The van der Waals surface area contributed by atoms with Gasteiger partial charge in [-0.05, 0) is 195 Å². The molecule has 0 spiro atoms. The maximum Gasteiger partial charge on any atom is 0.222 e. The van der Waals surface area contributed by atoms with E-state index in [2.05, 4.69) is 40.8 Å². The van der Waals surface area contributed by atoms with Crippen LogP contribution in [0.2, 0.25) is 0 Å². The minimum atomic E-state index is -1.15. The topological polar surface area (TPSA) is 248 Å². The molecule has 0 aliphatic heterocycles. The highest BCUT2D eigenvalue weighted by molar-refractivity contribution is 5.94. The number of hydrogen-bond acceptors (Lipinski definition) is 16. The van der Waals surface area contributed by atoms with Crippen LogP contribution in [0.15, 0.2) is 98.1 Å². The van der Waals surface area contributed by atoms with Gasteiger partial charge in [0.05, 0.1) is 111 Å². The van der Waals surface area contributed by atoms with Crippen molar-refractivity contribution in [1.82, 2.24) is 78.2 Å². The van der Waals surface area contributed by atoms with Gasteiger partial charge in [-0.1, -0.05) is 0 Å². The fourth-order valence-electron chi connectivity index (χ4n) is 17.8. The third-order valence-electron chi connectivity index (χ3n) is 25.7. The number of Topliss-reactive ketones (excluding diaryl/α,β-unsaturated/α-hetero) is 4. The zero-order chi connectivity index (χ0) is 82.3. The van der Waals surface area contributed by atoms with E-state index in [-0.39, 0.29) is 77.3 Å². The number of carbonyl (C=O) groups is 4. The Balaban J connectivity index is 0.000000113. The lowest BCUT2D eigenvalue weighted by atomic mass is 9.93. The Labute approximate surface area is 679 Å². The predicted octanol–water partition coefficient (Wildman–Crippen LogP) is 17.8. The minimum absolute atomic E-state index is 0.0328. The highest BCUT2D eigenvalue weighted by Crippen LogP contribution is 2.46. The first-order valence-corrected chi connectivity index (χ1v) is 41.9. The summed E-state index contributed by atoms with van der Waals surface area (Å²) >= 11 is 0. The average Bonchev–Trinajstić information content (AvgIpc) is 1.62. The van der Waals surface area contributed by atoms with Crippen molar-refractivity contribution in [1.29, 1.82) is 0 Å². The van der Waals surface area contributed by atoms with Gasteiger partial charge >= 0.3 is 0 Å². The number of carbonyl (C=O) groups excluding carboxylic acids is 4. The van der Waals surface area contributed by atoms with Crippen LogP contribution in [0.5, 0.6) is 23.0 Å². The van der Waals surface area contributed by atoms with E-state index in [1.165, 1.54) is 38.0 Å². The van der Waals surface area contributed by atoms with E-state index < -0.39 is 29.5 Å². The van der Waals surface area contributed by atoms with Gasteiger partial charge in [0.25, 0.3) is 0 Å². The molecule has 4 aromatic carbocycles. The lowest BCUT2D eigenvalue weighted by Gasteiger charge is -2.25. The molecule has 8 aliphatic carbocycles. The molecule has 24 nitrogen and oxygen atoms in total. The van der Waals surface area contributed by atoms with E-state index in [4.69, 9.17) is 18.9 Å². The summed E-state index contributed by atoms with van der Waals surface area (Å²) in [6.45, 7) is 10.4. The average molecular weight is 1620 g/mol. The van der Waals surface area contributed by atoms with Gasteiger partial charge in [0.1, 0.15) is 51.8 Å². The Hall–Kier alpha value is -10.9. The molecule has 29 heteroatoms. The molecule has 8 heterocycles. The van der Waals surface area contributed by atoms with Crippen molar-refractivity contribution >= 4 is 66.7 Å². The Morgan fingerprint density at radius 3 is 0.966 bits per heavy atom. The van der Waals surface area contributed by atoms with Gasteiger partial charge in [-0.25, -0.2) is 23.1 Å². The third-order valence-corrected chi connectivity index (χ3v) is 25.7. The van der Waals surface area contributed by atoms with Crippen LogP contribution >= 0.6 is 0 Å². The quantitative estimate of drug-likeness (QED) is 0.0607. The number of ether oxygens (including phenoxy) is 4. The molecule has 8 aromatic heterocycles. The summed E-state index contributed by atoms with van der Waals surface area (Å²) in [5, 5.41) is 36.7. The molecule has 0 bridgehead atoms. The van der Waals surface area contributed by atoms with Gasteiger partial charge in [-0.15, -0.1) is 0 Å². The Bertz CT molecular complexity index is 5810. The second-order valence-electron chi connectivity index (χ2n) is 34.7. The first-order valence-electron chi connectivity index (χ1n) is 41.9. The van der Waals surface area contributed by atoms with Crippen LogP contribution in [0.4, 0.5) is 22.0 Å². The van der Waals surface area contributed by atoms with E-state index in [1.54, 1.807) is 41.3 Å². The van der Waals surface area contributed by atoms with Crippen LogP contribution in [0, 0.1) is 53.4 Å². The molecule has 20 rings (SSSR count). The summed E-state index contributed by atoms with van der Waals surface area (Å²) in [6, 6.07) is 15.9. The fraction of sp³-hybridized carbons (Fsp3) is 0.506. The third kappa shape index (κ3) is 16.8. The van der Waals surface area contributed by atoms with Gasteiger partial charge in [0, 0.05) is 163 Å². The summed E-state index contributed by atoms with van der Waals surface area (Å²) in [6.07, 6.45) is 32.5. The molecule has 620 valence electrons. The number of hydrogen-bond donors (Lipinski definition) is 0. The summed E-state index contributed by atoms with van der Waals surface area (Å²) in [7, 11) is 6.32. The van der Waals surface area contributed by atoms with E-state index in [9.17, 15) is 41.1 Å². The van der Waals surface area contributed by atoms with E-state index >= 15 is 0 Å². The summed E-state index contributed by atoms with van der Waals surface area (Å²) in [5.74, 6) is 2.60. The van der Waals surface area contributed by atoms with Crippen molar-refractivity contribution in [3.05, 3.63) is 122 Å². The molecule has 118 heavy (non-hydrogen) atoms. The van der Waals surface area contributed by atoms with Crippen LogP contribution in [0.1, 0.15) is 194 Å². The molecule has 0 radical (unpaired) electrons. The lowest BCUT2D eigenvalue weighted by molar-refractivity contribution is -0.118. The number of halogens is 5. The zero-order valence-electron chi connectivity index (χ0n) is 68.2. The van der Waals surface area contributed by atoms with Crippen molar-refractivity contribution in [2.75, 3.05) is 0 Å². The molecular weight excluding hydrogens is 1520 g/mol. The molecular formula is C89H101F5N16O8. The van der Waals surface area contributed by atoms with E-state index in [0.717, 1.165) is 115 Å². The molecule has 0 saturated heterocycles. The second-order valence-corrected chi connectivity index (χ2v) is 34.7. The predicted molar refractivity (Wildman–Crippen MR) is 434 cm³/mol. The van der Waals surface area contributed by atoms with Gasteiger partial charge in [-0.2, -0.15) is 58.4 Å². The normalized spacial score (nSPS) is 22.4. The molecule has 12 aromatic rings. The number of aromatic nitrogens is 16. The number of rotatable bonds is 21. The number of fused-ring (bicyclic) bond motifs is 4. The zero-order valence-corrected chi connectivity index (χ0v) is 68.2. The monoisotopic (exact) mass is 1620 g/mol. The molecule has 10 atom stereocenters. The van der Waals surface area contributed by atoms with E-state index in [1.807, 2.05) is 138 Å². The second kappa shape index (κ2) is 32.4. The number of nitrogens with zero attached hydrogens (tertiary/aromatic N) is 16. The molecule has 8 saturated carbocycles. The first-order chi connectivity index (χ1) is 56.7. The van der Waals surface area contributed by atoms with E-state index in [0.29, 0.717) is 143 Å². The summed E-state index contributed by atoms with van der Waals surface area (Å²) < 4.78 is 111. The summed E-state index contributed by atoms with van der Waals surface area (Å²) in [4.78, 5) is 46.7. The largest absolute Gasteiger partial charge is 0.490 e. The Kier molecular flexibility index (Phi) is 21.9. The maximum atomic E-state index is 14.8. The van der Waals surface area contributed by atoms with Crippen molar-refractivity contribution < 1.29 is 60.1 Å². The summed E-state index contributed by atoms with van der Waals surface area (Å²) in [5.41, 5.74) is 8.30. The van der Waals surface area contributed by atoms with Gasteiger partial charge in [0.15, 0.2) is 0 Å². The maximum absolute atomic E-state index is 14.8. The van der Waals surface area contributed by atoms with Gasteiger partial charge in [-0.3, -0.25) is 37.9 Å². The van der Waals surface area contributed by atoms with Crippen molar-refractivity contribution in [2.24, 2.45) is 57.8 Å². The molecule has 0 amide bonds. The molecule has 2 unspecified atom stereocenters. The van der Waals surface area contributed by atoms with Crippen molar-refractivity contribution in [2.45, 2.75) is 231 Å². The van der Waals surface area contributed by atoms with Crippen molar-refractivity contribution in [3.63, 3.8) is 0 Å². The lowest BCUT2D eigenvalue weighted by Crippen LogP contribution is -2.22. The first kappa shape index (κ1) is 79.6. The fourth-order valence-corrected chi connectivity index (χ4v) is 17.8. The van der Waals surface area contributed by atoms with Crippen LogP contribution in [0.3, 0.4) is 0 Å². The number of benzene rings is 4. The van der Waals surface area contributed by atoms with Crippen molar-refractivity contribution in [3.8, 4) is 67.5 Å². The van der Waals surface area contributed by atoms with Crippen LogP contribution in [-0.4, -0.2) is 131 Å². The van der Waals surface area contributed by atoms with Crippen LogP contribution in [0.25, 0.3) is 88.1 Å². The number of alkyl halides is 1. The Morgan fingerprint density at radius 1 is 0.390 bits per heavy atom. The number of aryl methyl sites for hydroxylation is 4. The Morgan fingerprint density at radius 2 is 0.695 bits per heavy atom. The molecule has 8 aliphatic rings.